The van der Waals surface area contributed by atoms with Crippen molar-refractivity contribution in [2.45, 2.75) is 13.0 Å². The number of aromatic nitrogens is 2. The van der Waals surface area contributed by atoms with Crippen molar-refractivity contribution in [3.63, 3.8) is 0 Å². The highest BCUT2D eigenvalue weighted by molar-refractivity contribution is 7.00. The molecule has 3 amide bonds. The number of rotatable bonds is 3. The van der Waals surface area contributed by atoms with Gasteiger partial charge in [0.2, 0.25) is 5.91 Å². The third-order valence-electron chi connectivity index (χ3n) is 2.66. The predicted molar refractivity (Wildman–Crippen MR) is 83.1 cm³/mol. The minimum atomic E-state index is -0.703. The zero-order valence-electron chi connectivity index (χ0n) is 11.0. The van der Waals surface area contributed by atoms with Crippen LogP contribution >= 0.6 is 34.9 Å². The van der Waals surface area contributed by atoms with Gasteiger partial charge in [-0.3, -0.25) is 10.1 Å². The first kappa shape index (κ1) is 15.7. The fourth-order valence-corrected chi connectivity index (χ4v) is 2.74. The second kappa shape index (κ2) is 6.42. The summed E-state index contributed by atoms with van der Waals surface area (Å²) in [5, 5.41) is 8.09. The molecule has 1 heterocycles. The molecule has 1 atom stereocenters. The Balaban J connectivity index is 2.25. The Labute approximate surface area is 134 Å². The summed E-state index contributed by atoms with van der Waals surface area (Å²) in [6.07, 6.45) is 0. The topological polar surface area (TPSA) is 96.0 Å². The number of halogens is 2. The molecule has 0 fully saturated rings. The van der Waals surface area contributed by atoms with Crippen molar-refractivity contribution < 1.29 is 9.59 Å². The van der Waals surface area contributed by atoms with Crippen LogP contribution in [-0.2, 0) is 4.79 Å². The number of hydrogen-bond acceptors (Lipinski definition) is 6. The molecule has 2 rings (SSSR count). The van der Waals surface area contributed by atoms with Crippen LogP contribution in [0.1, 0.15) is 6.92 Å². The maximum atomic E-state index is 11.8. The quantitative estimate of drug-likeness (QED) is 0.791. The molecule has 1 unspecified atom stereocenters. The highest BCUT2D eigenvalue weighted by Gasteiger charge is 2.20. The molecule has 0 radical (unpaired) electrons. The largest absolute Gasteiger partial charge is 0.371 e. The summed E-state index contributed by atoms with van der Waals surface area (Å²) in [6, 6.07) is 0.237. The van der Waals surface area contributed by atoms with E-state index in [9.17, 15) is 9.59 Å². The summed E-state index contributed by atoms with van der Waals surface area (Å²) in [5.41, 5.74) is 1.44. The van der Waals surface area contributed by atoms with Gasteiger partial charge in [0.15, 0.2) is 0 Å². The summed E-state index contributed by atoms with van der Waals surface area (Å²) < 4.78 is 8.19. The Hall–Kier alpha value is -1.64. The Bertz CT molecular complexity index is 705. The number of carbonyl (C=O) groups excluding carboxylic acids is 2. The van der Waals surface area contributed by atoms with Crippen LogP contribution in [-0.4, -0.2) is 33.8 Å². The Morgan fingerprint density at radius 3 is 2.57 bits per heavy atom. The molecule has 0 spiro atoms. The van der Waals surface area contributed by atoms with Crippen molar-refractivity contribution in [3.05, 3.63) is 16.1 Å². The summed E-state index contributed by atoms with van der Waals surface area (Å²) >= 11 is 13.1. The van der Waals surface area contributed by atoms with Crippen LogP contribution in [0.15, 0.2) is 6.07 Å². The molecule has 112 valence electrons. The number of imide groups is 1. The lowest BCUT2D eigenvalue weighted by atomic mass is 10.2. The molecule has 1 aromatic heterocycles. The summed E-state index contributed by atoms with van der Waals surface area (Å²) in [5.74, 6) is -0.503. The van der Waals surface area contributed by atoms with Gasteiger partial charge >= 0.3 is 6.03 Å². The van der Waals surface area contributed by atoms with Crippen molar-refractivity contribution in [3.8, 4) is 0 Å². The first-order chi connectivity index (χ1) is 9.93. The standard InChI is InChI=1S/C11H11Cl2N5O2S/c1-4(10(19)16-11(20)14-2)15-7-5(12)3-6(13)8-9(7)18-21-17-8/h3-4,15H,1-2H3,(H2,14,16,19,20). The molecule has 0 aliphatic carbocycles. The van der Waals surface area contributed by atoms with E-state index in [1.54, 1.807) is 6.92 Å². The zero-order chi connectivity index (χ0) is 15.6. The van der Waals surface area contributed by atoms with E-state index < -0.39 is 18.0 Å². The first-order valence-electron chi connectivity index (χ1n) is 5.83. The smallest absolute Gasteiger partial charge is 0.321 e. The molecule has 0 saturated heterocycles. The number of nitrogens with zero attached hydrogens (tertiary/aromatic N) is 2. The van der Waals surface area contributed by atoms with Crippen LogP contribution in [0.4, 0.5) is 10.5 Å². The third-order valence-corrected chi connectivity index (χ3v) is 3.78. The van der Waals surface area contributed by atoms with Crippen LogP contribution in [0.3, 0.4) is 0 Å². The van der Waals surface area contributed by atoms with Gasteiger partial charge in [-0.1, -0.05) is 23.2 Å². The number of hydrogen-bond donors (Lipinski definition) is 3. The van der Waals surface area contributed by atoms with Gasteiger partial charge in [0.25, 0.3) is 0 Å². The third kappa shape index (κ3) is 3.34. The number of fused-ring (bicyclic) bond motifs is 1. The maximum Gasteiger partial charge on any atom is 0.321 e. The summed E-state index contributed by atoms with van der Waals surface area (Å²) in [4.78, 5) is 23.0. The lowest BCUT2D eigenvalue weighted by molar-refractivity contribution is -0.120. The molecule has 0 saturated carbocycles. The average molecular weight is 348 g/mol. The van der Waals surface area contributed by atoms with Gasteiger partial charge in [0.05, 0.1) is 27.5 Å². The van der Waals surface area contributed by atoms with E-state index in [2.05, 4.69) is 24.7 Å². The van der Waals surface area contributed by atoms with E-state index in [0.29, 0.717) is 26.8 Å². The second-order valence-corrected chi connectivity index (χ2v) is 5.45. The van der Waals surface area contributed by atoms with Crippen molar-refractivity contribution in [2.75, 3.05) is 12.4 Å². The van der Waals surface area contributed by atoms with Crippen molar-refractivity contribution in [1.29, 1.82) is 0 Å². The SMILES string of the molecule is CNC(=O)NC(=O)C(C)Nc1c(Cl)cc(Cl)c2nsnc12. The molecular weight excluding hydrogens is 337 g/mol. The van der Waals surface area contributed by atoms with E-state index in [-0.39, 0.29) is 0 Å². The highest BCUT2D eigenvalue weighted by atomic mass is 35.5. The first-order valence-corrected chi connectivity index (χ1v) is 7.32. The number of carbonyl (C=O) groups is 2. The number of benzene rings is 1. The summed E-state index contributed by atoms with van der Waals surface area (Å²) in [6.45, 7) is 1.59. The fourth-order valence-electron chi connectivity index (χ4n) is 1.58. The molecule has 0 aliphatic rings. The van der Waals surface area contributed by atoms with Gasteiger partial charge in [0.1, 0.15) is 17.1 Å². The van der Waals surface area contributed by atoms with Gasteiger partial charge in [-0.15, -0.1) is 0 Å². The molecular formula is C11H11Cl2N5O2S. The van der Waals surface area contributed by atoms with Gasteiger partial charge < -0.3 is 10.6 Å². The minimum absolute atomic E-state index is 0.319. The Morgan fingerprint density at radius 2 is 1.90 bits per heavy atom. The van der Waals surface area contributed by atoms with E-state index in [1.807, 2.05) is 0 Å². The molecule has 3 N–H and O–H groups in total. The molecule has 21 heavy (non-hydrogen) atoms. The van der Waals surface area contributed by atoms with Gasteiger partial charge in [-0.2, -0.15) is 8.75 Å². The highest BCUT2D eigenvalue weighted by Crippen LogP contribution is 2.35. The predicted octanol–water partition coefficient (Wildman–Crippen LogP) is 2.25. The van der Waals surface area contributed by atoms with E-state index in [0.717, 1.165) is 11.7 Å². The van der Waals surface area contributed by atoms with E-state index in [4.69, 9.17) is 23.2 Å². The van der Waals surface area contributed by atoms with Gasteiger partial charge in [-0.25, -0.2) is 4.79 Å². The molecule has 0 bridgehead atoms. The van der Waals surface area contributed by atoms with Crippen LogP contribution in [0, 0.1) is 0 Å². The number of nitrogens with one attached hydrogen (secondary N) is 3. The molecule has 10 heteroatoms. The van der Waals surface area contributed by atoms with Crippen LogP contribution in [0.5, 0.6) is 0 Å². The monoisotopic (exact) mass is 347 g/mol. The van der Waals surface area contributed by atoms with Crippen molar-refractivity contribution in [1.82, 2.24) is 19.4 Å². The van der Waals surface area contributed by atoms with Gasteiger partial charge in [-0.05, 0) is 13.0 Å². The number of anilines is 1. The van der Waals surface area contributed by atoms with Crippen LogP contribution in [0.25, 0.3) is 11.0 Å². The van der Waals surface area contributed by atoms with Crippen molar-refractivity contribution >= 4 is 63.6 Å². The van der Waals surface area contributed by atoms with Crippen LogP contribution in [0.2, 0.25) is 10.0 Å². The Morgan fingerprint density at radius 1 is 1.24 bits per heavy atom. The summed E-state index contributed by atoms with van der Waals surface area (Å²) in [7, 11) is 1.42. The normalized spacial score (nSPS) is 12.0. The van der Waals surface area contributed by atoms with Gasteiger partial charge in [0, 0.05) is 7.05 Å². The average Bonchev–Trinajstić information content (AvgIpc) is 2.92. The second-order valence-electron chi connectivity index (χ2n) is 4.11. The number of urea groups is 1. The molecule has 7 nitrogen and oxygen atoms in total. The molecule has 1 aromatic carbocycles. The lowest BCUT2D eigenvalue weighted by Crippen LogP contribution is -2.44. The Kier molecular flexibility index (Phi) is 4.81. The maximum absolute atomic E-state index is 11.8. The van der Waals surface area contributed by atoms with E-state index >= 15 is 0 Å². The lowest BCUT2D eigenvalue weighted by Gasteiger charge is -2.16. The van der Waals surface area contributed by atoms with Crippen molar-refractivity contribution in [2.24, 2.45) is 0 Å². The zero-order valence-corrected chi connectivity index (χ0v) is 13.4. The molecule has 2 aromatic rings. The van der Waals surface area contributed by atoms with E-state index in [1.165, 1.54) is 13.1 Å². The molecule has 0 aliphatic heterocycles. The number of amides is 3. The fraction of sp³-hybridized carbons (Fsp3) is 0.273. The minimum Gasteiger partial charge on any atom is -0.371 e. The van der Waals surface area contributed by atoms with Crippen LogP contribution < -0.4 is 16.0 Å².